The Hall–Kier alpha value is -2.68. The monoisotopic (exact) mass is 430 g/mol. The Balaban J connectivity index is 1.74. The summed E-state index contributed by atoms with van der Waals surface area (Å²) in [4.78, 5) is -0.142. The van der Waals surface area contributed by atoms with Crippen molar-refractivity contribution in [1.82, 2.24) is 0 Å². The molecule has 8 heteroatoms. The molecule has 0 amide bonds. The number of ether oxygens (including phenoxy) is 1. The predicted octanol–water partition coefficient (Wildman–Crippen LogP) is 5.07. The Morgan fingerprint density at radius 1 is 1.00 bits per heavy atom. The second-order valence-corrected chi connectivity index (χ2v) is 8.24. The number of fused-ring (bicyclic) bond motifs is 1. The van der Waals surface area contributed by atoms with E-state index in [1.807, 2.05) is 24.3 Å². The summed E-state index contributed by atoms with van der Waals surface area (Å²) in [6, 6.07) is 17.3. The van der Waals surface area contributed by atoms with Gasteiger partial charge < -0.3 is 15.4 Å². The summed E-state index contributed by atoms with van der Waals surface area (Å²) in [6.45, 7) is 2.81. The fraction of sp³-hybridized carbons (Fsp3) is 0.190. The molecule has 0 aliphatic carbocycles. The van der Waals surface area contributed by atoms with Crippen molar-refractivity contribution in [3.05, 3.63) is 60.7 Å². The summed E-state index contributed by atoms with van der Waals surface area (Å²) in [6.07, 6.45) is 2.10. The van der Waals surface area contributed by atoms with Crippen LogP contribution in [0.5, 0.6) is 5.75 Å². The lowest BCUT2D eigenvalue weighted by molar-refractivity contribution is 0.309. The molecule has 3 N–H and O–H groups in total. The maximum Gasteiger partial charge on any atom is 0.295 e. The van der Waals surface area contributed by atoms with E-state index in [4.69, 9.17) is 17.0 Å². The molecule has 0 radical (unpaired) electrons. The highest BCUT2D eigenvalue weighted by Gasteiger charge is 2.16. The van der Waals surface area contributed by atoms with Gasteiger partial charge in [-0.25, -0.2) is 0 Å². The van der Waals surface area contributed by atoms with Crippen molar-refractivity contribution >= 4 is 49.6 Å². The third-order valence-electron chi connectivity index (χ3n) is 4.29. The van der Waals surface area contributed by atoms with Gasteiger partial charge in [-0.05, 0) is 55.0 Å². The molecule has 3 rings (SSSR count). The fourth-order valence-electron chi connectivity index (χ4n) is 2.86. The zero-order chi connectivity index (χ0) is 20.9. The van der Waals surface area contributed by atoms with Crippen LogP contribution < -0.4 is 15.4 Å². The minimum atomic E-state index is -4.32. The van der Waals surface area contributed by atoms with Crippen LogP contribution in [-0.2, 0) is 10.1 Å². The highest BCUT2D eigenvalue weighted by Crippen LogP contribution is 2.29. The minimum Gasteiger partial charge on any atom is -0.494 e. The van der Waals surface area contributed by atoms with Gasteiger partial charge in [0.15, 0.2) is 5.11 Å². The molecular weight excluding hydrogens is 408 g/mol. The number of anilines is 2. The number of thiocarbonyl (C=S) groups is 1. The van der Waals surface area contributed by atoms with Crippen LogP contribution in [0.2, 0.25) is 0 Å². The van der Waals surface area contributed by atoms with Crippen molar-refractivity contribution in [2.45, 2.75) is 24.7 Å². The number of unbranched alkanes of at least 4 members (excludes halogenated alkanes) is 1. The number of rotatable bonds is 7. The van der Waals surface area contributed by atoms with Gasteiger partial charge in [0.25, 0.3) is 10.1 Å². The van der Waals surface area contributed by atoms with Crippen molar-refractivity contribution in [1.29, 1.82) is 0 Å². The largest absolute Gasteiger partial charge is 0.494 e. The van der Waals surface area contributed by atoms with E-state index in [-0.39, 0.29) is 4.90 Å². The van der Waals surface area contributed by atoms with E-state index in [1.165, 1.54) is 6.07 Å². The molecule has 3 aromatic rings. The van der Waals surface area contributed by atoms with Gasteiger partial charge in [0.2, 0.25) is 0 Å². The number of hydrogen-bond donors (Lipinski definition) is 3. The molecule has 0 fully saturated rings. The molecule has 29 heavy (non-hydrogen) atoms. The van der Waals surface area contributed by atoms with Gasteiger partial charge in [-0.3, -0.25) is 4.55 Å². The first-order valence-electron chi connectivity index (χ1n) is 9.18. The third kappa shape index (κ3) is 5.44. The molecule has 0 spiro atoms. The van der Waals surface area contributed by atoms with Crippen LogP contribution in [0, 0.1) is 0 Å². The van der Waals surface area contributed by atoms with Crippen molar-refractivity contribution in [2.24, 2.45) is 0 Å². The maximum absolute atomic E-state index is 11.6. The first kappa shape index (κ1) is 21.0. The maximum atomic E-state index is 11.6. The van der Waals surface area contributed by atoms with Gasteiger partial charge in [0, 0.05) is 22.1 Å². The third-order valence-corrected chi connectivity index (χ3v) is 5.40. The predicted molar refractivity (Wildman–Crippen MR) is 120 cm³/mol. The van der Waals surface area contributed by atoms with E-state index in [1.54, 1.807) is 30.3 Å². The number of benzene rings is 3. The average molecular weight is 431 g/mol. The molecule has 0 bridgehead atoms. The van der Waals surface area contributed by atoms with Gasteiger partial charge in [0.1, 0.15) is 10.6 Å². The summed E-state index contributed by atoms with van der Waals surface area (Å²) < 4.78 is 38.3. The van der Waals surface area contributed by atoms with Crippen molar-refractivity contribution in [3.8, 4) is 5.75 Å². The Morgan fingerprint density at radius 3 is 2.34 bits per heavy atom. The number of hydrogen-bond acceptors (Lipinski definition) is 4. The van der Waals surface area contributed by atoms with Crippen molar-refractivity contribution < 1.29 is 17.7 Å². The average Bonchev–Trinajstić information content (AvgIpc) is 2.69. The zero-order valence-corrected chi connectivity index (χ0v) is 17.5. The van der Waals surface area contributed by atoms with E-state index < -0.39 is 10.1 Å². The van der Waals surface area contributed by atoms with Gasteiger partial charge in [-0.1, -0.05) is 37.6 Å². The van der Waals surface area contributed by atoms with E-state index in [0.717, 1.165) is 24.3 Å². The van der Waals surface area contributed by atoms with Gasteiger partial charge in [-0.2, -0.15) is 8.42 Å². The topological polar surface area (TPSA) is 87.7 Å². The van der Waals surface area contributed by atoms with Crippen molar-refractivity contribution in [3.63, 3.8) is 0 Å². The normalized spacial score (nSPS) is 11.2. The summed E-state index contributed by atoms with van der Waals surface area (Å²) in [5, 5.41) is 7.57. The molecule has 0 saturated heterocycles. The Labute approximate surface area is 175 Å². The standard InChI is InChI=1S/C21H22N2O4S2/c1-2-3-14-27-16-10-8-15(9-11-16)22-21(28)23-19-12-13-20(29(24,25)26)18-7-5-4-6-17(18)19/h4-13H,2-3,14H2,1H3,(H2,22,23,28)(H,24,25,26). The molecule has 0 unspecified atom stereocenters. The lowest BCUT2D eigenvalue weighted by Crippen LogP contribution is -2.19. The van der Waals surface area contributed by atoms with E-state index in [0.29, 0.717) is 28.2 Å². The summed E-state index contributed by atoms with van der Waals surface area (Å²) >= 11 is 5.38. The first-order chi connectivity index (χ1) is 13.9. The molecule has 152 valence electrons. The Kier molecular flexibility index (Phi) is 6.68. The van der Waals surface area contributed by atoms with E-state index >= 15 is 0 Å². The van der Waals surface area contributed by atoms with Crippen LogP contribution in [0.3, 0.4) is 0 Å². The second-order valence-electron chi connectivity index (χ2n) is 6.44. The second kappa shape index (κ2) is 9.21. The van der Waals surface area contributed by atoms with Gasteiger partial charge in [0.05, 0.1) is 6.61 Å². The molecule has 0 aliphatic heterocycles. The molecule has 3 aromatic carbocycles. The molecule has 0 saturated carbocycles. The fourth-order valence-corrected chi connectivity index (χ4v) is 3.78. The Morgan fingerprint density at radius 2 is 1.69 bits per heavy atom. The highest BCUT2D eigenvalue weighted by molar-refractivity contribution is 7.86. The lowest BCUT2D eigenvalue weighted by atomic mass is 10.1. The van der Waals surface area contributed by atoms with Crippen molar-refractivity contribution in [2.75, 3.05) is 17.2 Å². The smallest absolute Gasteiger partial charge is 0.295 e. The zero-order valence-electron chi connectivity index (χ0n) is 15.9. The first-order valence-corrected chi connectivity index (χ1v) is 11.0. The summed E-state index contributed by atoms with van der Waals surface area (Å²) in [5.41, 5.74) is 1.43. The highest BCUT2D eigenvalue weighted by atomic mass is 32.2. The Bertz CT molecular complexity index is 1110. The van der Waals surface area contributed by atoms with E-state index in [9.17, 15) is 13.0 Å². The SMILES string of the molecule is CCCCOc1ccc(NC(=S)Nc2ccc(S(=O)(=O)O)c3ccccc23)cc1. The summed E-state index contributed by atoms with van der Waals surface area (Å²) in [5.74, 6) is 0.801. The van der Waals surface area contributed by atoms with E-state index in [2.05, 4.69) is 17.6 Å². The molecule has 0 heterocycles. The molecule has 0 atom stereocenters. The van der Waals surface area contributed by atoms with Crippen LogP contribution in [0.4, 0.5) is 11.4 Å². The van der Waals surface area contributed by atoms with Crippen LogP contribution in [0.25, 0.3) is 10.8 Å². The minimum absolute atomic E-state index is 0.142. The van der Waals surface area contributed by atoms with Crippen LogP contribution >= 0.6 is 12.2 Å². The van der Waals surface area contributed by atoms with Crippen LogP contribution in [0.15, 0.2) is 65.6 Å². The summed E-state index contributed by atoms with van der Waals surface area (Å²) in [7, 11) is -4.32. The lowest BCUT2D eigenvalue weighted by Gasteiger charge is -2.14. The molecule has 0 aliphatic rings. The number of nitrogens with one attached hydrogen (secondary N) is 2. The van der Waals surface area contributed by atoms with Crippen LogP contribution in [-0.4, -0.2) is 24.7 Å². The molecule has 0 aromatic heterocycles. The van der Waals surface area contributed by atoms with Gasteiger partial charge >= 0.3 is 0 Å². The quantitative estimate of drug-likeness (QED) is 0.274. The molecular formula is C21H22N2O4S2. The van der Waals surface area contributed by atoms with Gasteiger partial charge in [-0.15, -0.1) is 0 Å². The van der Waals surface area contributed by atoms with Crippen LogP contribution in [0.1, 0.15) is 19.8 Å². The molecule has 6 nitrogen and oxygen atoms in total.